The molecule has 1 N–H and O–H groups in total. The highest BCUT2D eigenvalue weighted by molar-refractivity contribution is 7.84. The van der Waals surface area contributed by atoms with E-state index in [4.69, 9.17) is 4.74 Å². The number of ether oxygens (including phenoxy) is 1. The summed E-state index contributed by atoms with van der Waals surface area (Å²) in [5.74, 6) is 0.354. The zero-order valence-electron chi connectivity index (χ0n) is 11.7. The number of rotatable bonds is 5. The third kappa shape index (κ3) is 4.42. The van der Waals surface area contributed by atoms with Gasteiger partial charge in [0.15, 0.2) is 0 Å². The normalized spacial score (nSPS) is 21.9. The molecule has 3 atom stereocenters. The van der Waals surface area contributed by atoms with Gasteiger partial charge < -0.3 is 10.1 Å². The fourth-order valence-electron chi connectivity index (χ4n) is 2.38. The van der Waals surface area contributed by atoms with Crippen molar-refractivity contribution in [1.82, 2.24) is 5.32 Å². The molecule has 5 heteroatoms. The molecule has 1 heterocycles. The Morgan fingerprint density at radius 1 is 1.45 bits per heavy atom. The molecule has 0 bridgehead atoms. The van der Waals surface area contributed by atoms with Crippen molar-refractivity contribution in [3.63, 3.8) is 0 Å². The third-order valence-electron chi connectivity index (χ3n) is 3.45. The molecule has 0 aromatic heterocycles. The van der Waals surface area contributed by atoms with Gasteiger partial charge in [-0.2, -0.15) is 0 Å². The topological polar surface area (TPSA) is 55.4 Å². The van der Waals surface area contributed by atoms with Gasteiger partial charge in [-0.3, -0.25) is 9.00 Å². The second kappa shape index (κ2) is 7.55. The molecule has 0 aliphatic carbocycles. The molecule has 4 nitrogen and oxygen atoms in total. The second-order valence-electron chi connectivity index (χ2n) is 5.13. The van der Waals surface area contributed by atoms with Crippen molar-refractivity contribution in [2.45, 2.75) is 18.9 Å². The number of hydrogen-bond acceptors (Lipinski definition) is 3. The van der Waals surface area contributed by atoms with E-state index in [1.54, 1.807) is 6.26 Å². The number of benzene rings is 1. The van der Waals surface area contributed by atoms with Crippen LogP contribution in [0, 0.1) is 5.92 Å². The minimum Gasteiger partial charge on any atom is -0.381 e. The number of amides is 1. The molecule has 2 rings (SSSR count). The SMILES string of the molecule is C[S@@](=O)C[C@@H](NC(=O)[C@@H]1CCCOC1)c1ccccc1. The van der Waals surface area contributed by atoms with Crippen LogP contribution in [0.2, 0.25) is 0 Å². The van der Waals surface area contributed by atoms with Crippen LogP contribution in [-0.2, 0) is 20.3 Å². The highest BCUT2D eigenvalue weighted by Gasteiger charge is 2.25. The second-order valence-corrected chi connectivity index (χ2v) is 6.61. The van der Waals surface area contributed by atoms with Crippen molar-refractivity contribution < 1.29 is 13.7 Å². The Morgan fingerprint density at radius 2 is 2.20 bits per heavy atom. The predicted molar refractivity (Wildman–Crippen MR) is 79.8 cm³/mol. The van der Waals surface area contributed by atoms with E-state index in [2.05, 4.69) is 5.32 Å². The van der Waals surface area contributed by atoms with Crippen LogP contribution < -0.4 is 5.32 Å². The quantitative estimate of drug-likeness (QED) is 0.898. The van der Waals surface area contributed by atoms with Crippen molar-refractivity contribution in [2.24, 2.45) is 5.92 Å². The number of hydrogen-bond donors (Lipinski definition) is 1. The summed E-state index contributed by atoms with van der Waals surface area (Å²) in [4.78, 5) is 12.3. The van der Waals surface area contributed by atoms with Gasteiger partial charge in [0.2, 0.25) is 5.91 Å². The minimum atomic E-state index is -0.963. The molecule has 1 aromatic carbocycles. The molecule has 0 radical (unpaired) electrons. The lowest BCUT2D eigenvalue weighted by Gasteiger charge is -2.25. The first-order valence-corrected chi connectivity index (χ1v) is 8.62. The first kappa shape index (κ1) is 15.2. The first-order chi connectivity index (χ1) is 9.66. The van der Waals surface area contributed by atoms with Gasteiger partial charge in [0.05, 0.1) is 18.6 Å². The van der Waals surface area contributed by atoms with E-state index in [1.807, 2.05) is 30.3 Å². The van der Waals surface area contributed by atoms with Crippen molar-refractivity contribution in [3.05, 3.63) is 35.9 Å². The van der Waals surface area contributed by atoms with Crippen LogP contribution in [-0.4, -0.2) is 35.3 Å². The van der Waals surface area contributed by atoms with E-state index in [0.717, 1.165) is 25.0 Å². The van der Waals surface area contributed by atoms with Gasteiger partial charge in [0.25, 0.3) is 0 Å². The van der Waals surface area contributed by atoms with Crippen LogP contribution >= 0.6 is 0 Å². The summed E-state index contributed by atoms with van der Waals surface area (Å²) in [5.41, 5.74) is 0.993. The molecule has 20 heavy (non-hydrogen) atoms. The Bertz CT molecular complexity index is 457. The van der Waals surface area contributed by atoms with Crippen LogP contribution in [0.3, 0.4) is 0 Å². The highest BCUT2D eigenvalue weighted by atomic mass is 32.2. The lowest BCUT2D eigenvalue weighted by atomic mass is 10.00. The molecule has 110 valence electrons. The van der Waals surface area contributed by atoms with Crippen LogP contribution in [0.1, 0.15) is 24.4 Å². The molecule has 1 fully saturated rings. The average Bonchev–Trinajstić information content (AvgIpc) is 2.48. The van der Waals surface area contributed by atoms with Gasteiger partial charge in [0, 0.05) is 29.4 Å². The molecule has 1 saturated heterocycles. The van der Waals surface area contributed by atoms with Crippen LogP contribution in [0.4, 0.5) is 0 Å². The Kier molecular flexibility index (Phi) is 5.73. The third-order valence-corrected chi connectivity index (χ3v) is 4.25. The maximum atomic E-state index is 12.3. The van der Waals surface area contributed by atoms with Crippen molar-refractivity contribution in [3.8, 4) is 0 Å². The fourth-order valence-corrected chi connectivity index (χ4v) is 3.12. The lowest BCUT2D eigenvalue weighted by molar-refractivity contribution is -0.129. The number of carbonyl (C=O) groups excluding carboxylic acids is 1. The predicted octanol–water partition coefficient (Wildman–Crippen LogP) is 1.65. The first-order valence-electron chi connectivity index (χ1n) is 6.90. The summed E-state index contributed by atoms with van der Waals surface area (Å²) >= 11 is 0. The molecule has 1 aliphatic rings. The van der Waals surface area contributed by atoms with E-state index in [0.29, 0.717) is 12.4 Å². The van der Waals surface area contributed by atoms with Gasteiger partial charge in [-0.15, -0.1) is 0 Å². The summed E-state index contributed by atoms with van der Waals surface area (Å²) in [7, 11) is -0.963. The largest absolute Gasteiger partial charge is 0.381 e. The zero-order valence-corrected chi connectivity index (χ0v) is 12.5. The van der Waals surface area contributed by atoms with E-state index >= 15 is 0 Å². The highest BCUT2D eigenvalue weighted by Crippen LogP contribution is 2.18. The van der Waals surface area contributed by atoms with Crippen molar-refractivity contribution in [1.29, 1.82) is 0 Å². The summed E-state index contributed by atoms with van der Waals surface area (Å²) in [6.45, 7) is 1.23. The van der Waals surface area contributed by atoms with Crippen LogP contribution in [0.25, 0.3) is 0 Å². The maximum absolute atomic E-state index is 12.3. The van der Waals surface area contributed by atoms with E-state index in [1.165, 1.54) is 0 Å². The van der Waals surface area contributed by atoms with E-state index in [-0.39, 0.29) is 17.9 Å². The van der Waals surface area contributed by atoms with Gasteiger partial charge in [-0.05, 0) is 18.4 Å². The Morgan fingerprint density at radius 3 is 2.80 bits per heavy atom. The molecule has 1 aromatic rings. The number of nitrogens with one attached hydrogen (secondary N) is 1. The fraction of sp³-hybridized carbons (Fsp3) is 0.533. The Labute approximate surface area is 122 Å². The van der Waals surface area contributed by atoms with Gasteiger partial charge in [-0.25, -0.2) is 0 Å². The Balaban J connectivity index is 2.03. The van der Waals surface area contributed by atoms with Gasteiger partial charge in [-0.1, -0.05) is 30.3 Å². The molecular formula is C15H21NO3S. The lowest BCUT2D eigenvalue weighted by Crippen LogP contribution is -2.39. The average molecular weight is 295 g/mol. The minimum absolute atomic E-state index is 0.00371. The molecule has 0 spiro atoms. The van der Waals surface area contributed by atoms with Gasteiger partial charge >= 0.3 is 0 Å². The molecule has 1 amide bonds. The zero-order chi connectivity index (χ0) is 14.4. The standard InChI is InChI=1S/C15H21NO3S/c1-20(18)11-14(12-6-3-2-4-7-12)16-15(17)13-8-5-9-19-10-13/h2-4,6-7,13-14H,5,8-11H2,1H3,(H,16,17)/t13-,14-,20-/m1/s1. The van der Waals surface area contributed by atoms with Crippen LogP contribution in [0.15, 0.2) is 30.3 Å². The summed E-state index contributed by atoms with van der Waals surface area (Å²) < 4.78 is 16.9. The molecule has 1 aliphatic heterocycles. The van der Waals surface area contributed by atoms with Crippen molar-refractivity contribution in [2.75, 3.05) is 25.2 Å². The Hall–Kier alpha value is -1.20. The molecule has 0 saturated carbocycles. The van der Waals surface area contributed by atoms with Crippen LogP contribution in [0.5, 0.6) is 0 Å². The van der Waals surface area contributed by atoms with E-state index < -0.39 is 10.8 Å². The number of carbonyl (C=O) groups is 1. The summed E-state index contributed by atoms with van der Waals surface area (Å²) in [5, 5.41) is 3.02. The smallest absolute Gasteiger partial charge is 0.225 e. The van der Waals surface area contributed by atoms with Gasteiger partial charge in [0.1, 0.15) is 0 Å². The maximum Gasteiger partial charge on any atom is 0.225 e. The molecular weight excluding hydrogens is 274 g/mol. The summed E-state index contributed by atoms with van der Waals surface area (Å²) in [6, 6.07) is 9.49. The summed E-state index contributed by atoms with van der Waals surface area (Å²) in [6.07, 6.45) is 3.45. The molecule has 0 unspecified atom stereocenters. The van der Waals surface area contributed by atoms with Crippen molar-refractivity contribution >= 4 is 16.7 Å². The van der Waals surface area contributed by atoms with E-state index in [9.17, 15) is 9.00 Å². The monoisotopic (exact) mass is 295 g/mol.